The molecule has 0 saturated carbocycles. The lowest BCUT2D eigenvalue weighted by Crippen LogP contribution is -2.28. The van der Waals surface area contributed by atoms with Crippen molar-refractivity contribution in [2.24, 2.45) is 0 Å². The number of aryl methyl sites for hydroxylation is 1. The third-order valence-electron chi connectivity index (χ3n) is 3.51. The first kappa shape index (κ1) is 20.8. The van der Waals surface area contributed by atoms with Gasteiger partial charge in [-0.25, -0.2) is 4.39 Å². The van der Waals surface area contributed by atoms with E-state index < -0.39 is 5.82 Å². The van der Waals surface area contributed by atoms with E-state index >= 15 is 0 Å². The Morgan fingerprint density at radius 3 is 2.63 bits per heavy atom. The van der Waals surface area contributed by atoms with Gasteiger partial charge in [-0.3, -0.25) is 9.59 Å². The molecule has 0 bridgehead atoms. The summed E-state index contributed by atoms with van der Waals surface area (Å²) >= 11 is 1.25. The Labute approximate surface area is 162 Å². The van der Waals surface area contributed by atoms with Crippen molar-refractivity contribution in [1.29, 1.82) is 0 Å². The number of ether oxygens (including phenoxy) is 1. The van der Waals surface area contributed by atoms with Crippen LogP contribution in [0.1, 0.15) is 12.0 Å². The van der Waals surface area contributed by atoms with Gasteiger partial charge in [0.05, 0.1) is 18.1 Å². The minimum absolute atomic E-state index is 0.142. The average Bonchev–Trinajstić information content (AvgIpc) is 2.63. The standard InChI is InChI=1S/C20H23FN2O3S/c1-15-6-4-7-16(12-15)23-20(25)14-27-13-19(24)22-10-5-11-26-18-9-3-2-8-17(18)21/h2-4,6-9,12H,5,10-11,13-14H2,1H3,(H,22,24)(H,23,25). The summed E-state index contributed by atoms with van der Waals surface area (Å²) in [6.07, 6.45) is 0.568. The van der Waals surface area contributed by atoms with Crippen LogP contribution in [0, 0.1) is 12.7 Å². The Kier molecular flexibility index (Phi) is 8.64. The maximum atomic E-state index is 13.4. The van der Waals surface area contributed by atoms with Gasteiger partial charge >= 0.3 is 0 Å². The number of carbonyl (C=O) groups excluding carboxylic acids is 2. The number of hydrogen-bond donors (Lipinski definition) is 2. The Balaban J connectivity index is 1.53. The molecule has 2 aromatic rings. The minimum atomic E-state index is -0.401. The van der Waals surface area contributed by atoms with Gasteiger partial charge in [0.15, 0.2) is 11.6 Å². The van der Waals surface area contributed by atoms with E-state index in [2.05, 4.69) is 10.6 Å². The monoisotopic (exact) mass is 390 g/mol. The molecule has 2 N–H and O–H groups in total. The molecule has 27 heavy (non-hydrogen) atoms. The normalized spacial score (nSPS) is 10.3. The molecule has 2 aromatic carbocycles. The number of halogens is 1. The van der Waals surface area contributed by atoms with Crippen molar-refractivity contribution < 1.29 is 18.7 Å². The predicted octanol–water partition coefficient (Wildman–Crippen LogP) is 3.39. The van der Waals surface area contributed by atoms with Crippen LogP contribution in [0.25, 0.3) is 0 Å². The van der Waals surface area contributed by atoms with Crippen LogP contribution in [0.2, 0.25) is 0 Å². The van der Waals surface area contributed by atoms with E-state index in [9.17, 15) is 14.0 Å². The number of nitrogens with one attached hydrogen (secondary N) is 2. The number of carbonyl (C=O) groups is 2. The largest absolute Gasteiger partial charge is 0.490 e. The highest BCUT2D eigenvalue weighted by molar-refractivity contribution is 8.00. The van der Waals surface area contributed by atoms with Gasteiger partial charge in [-0.2, -0.15) is 0 Å². The number of para-hydroxylation sites is 1. The molecule has 0 aromatic heterocycles. The van der Waals surface area contributed by atoms with E-state index in [1.54, 1.807) is 18.2 Å². The molecule has 7 heteroatoms. The quantitative estimate of drug-likeness (QED) is 0.610. The third-order valence-corrected chi connectivity index (χ3v) is 4.44. The summed E-state index contributed by atoms with van der Waals surface area (Å²) in [6, 6.07) is 13.7. The molecule has 0 atom stereocenters. The first-order valence-corrected chi connectivity index (χ1v) is 9.78. The van der Waals surface area contributed by atoms with Gasteiger partial charge in [0, 0.05) is 12.2 Å². The molecular formula is C20H23FN2O3S. The average molecular weight is 390 g/mol. The summed E-state index contributed by atoms with van der Waals surface area (Å²) in [7, 11) is 0. The van der Waals surface area contributed by atoms with Gasteiger partial charge < -0.3 is 15.4 Å². The predicted molar refractivity (Wildman–Crippen MR) is 107 cm³/mol. The molecule has 2 amide bonds. The third kappa shape index (κ3) is 8.13. The zero-order chi connectivity index (χ0) is 19.5. The lowest BCUT2D eigenvalue weighted by molar-refractivity contribution is -0.118. The second-order valence-electron chi connectivity index (χ2n) is 5.89. The van der Waals surface area contributed by atoms with Gasteiger partial charge in [-0.05, 0) is 43.2 Å². The SMILES string of the molecule is Cc1cccc(NC(=O)CSCC(=O)NCCCOc2ccccc2F)c1. The number of thioether (sulfide) groups is 1. The molecule has 0 fully saturated rings. The van der Waals surface area contributed by atoms with Crippen molar-refractivity contribution >= 4 is 29.3 Å². The smallest absolute Gasteiger partial charge is 0.234 e. The molecule has 0 aliphatic heterocycles. The molecule has 0 aliphatic rings. The van der Waals surface area contributed by atoms with Crippen LogP contribution < -0.4 is 15.4 Å². The first-order valence-electron chi connectivity index (χ1n) is 8.63. The van der Waals surface area contributed by atoms with E-state index in [0.29, 0.717) is 19.6 Å². The lowest BCUT2D eigenvalue weighted by Gasteiger charge is -2.08. The maximum absolute atomic E-state index is 13.4. The van der Waals surface area contributed by atoms with E-state index in [4.69, 9.17) is 4.74 Å². The number of rotatable bonds is 10. The number of anilines is 1. The number of amides is 2. The van der Waals surface area contributed by atoms with E-state index in [0.717, 1.165) is 11.3 Å². The van der Waals surface area contributed by atoms with E-state index in [1.807, 2.05) is 31.2 Å². The molecule has 2 rings (SSSR count). The Bertz CT molecular complexity index is 770. The van der Waals surface area contributed by atoms with Crippen LogP contribution in [0.3, 0.4) is 0 Å². The fourth-order valence-corrected chi connectivity index (χ4v) is 2.90. The van der Waals surface area contributed by atoms with Crippen molar-refractivity contribution in [3.05, 3.63) is 59.9 Å². The number of hydrogen-bond acceptors (Lipinski definition) is 4. The van der Waals surface area contributed by atoms with Crippen molar-refractivity contribution in [3.63, 3.8) is 0 Å². The molecule has 0 unspecified atom stereocenters. The van der Waals surface area contributed by atoms with Gasteiger partial charge in [-0.1, -0.05) is 24.3 Å². The summed E-state index contributed by atoms with van der Waals surface area (Å²) in [6.45, 7) is 2.70. The van der Waals surface area contributed by atoms with Crippen LogP contribution >= 0.6 is 11.8 Å². The van der Waals surface area contributed by atoms with Crippen LogP contribution in [0.4, 0.5) is 10.1 Å². The molecule has 0 spiro atoms. The summed E-state index contributed by atoms with van der Waals surface area (Å²) in [5.41, 5.74) is 1.82. The second kappa shape index (κ2) is 11.2. The topological polar surface area (TPSA) is 67.4 Å². The van der Waals surface area contributed by atoms with Crippen LogP contribution in [0.5, 0.6) is 5.75 Å². The van der Waals surface area contributed by atoms with Gasteiger partial charge in [0.2, 0.25) is 11.8 Å². The summed E-state index contributed by atoms with van der Waals surface area (Å²) in [5.74, 6) is -0.0699. The molecule has 0 heterocycles. The first-order chi connectivity index (χ1) is 13.0. The summed E-state index contributed by atoms with van der Waals surface area (Å²) in [4.78, 5) is 23.6. The molecule has 0 radical (unpaired) electrons. The molecule has 5 nitrogen and oxygen atoms in total. The summed E-state index contributed by atoms with van der Waals surface area (Å²) < 4.78 is 18.7. The zero-order valence-corrected chi connectivity index (χ0v) is 16.0. The summed E-state index contributed by atoms with van der Waals surface area (Å²) in [5, 5.41) is 5.55. The Hall–Kier alpha value is -2.54. The number of benzene rings is 2. The maximum Gasteiger partial charge on any atom is 0.234 e. The Morgan fingerprint density at radius 2 is 1.85 bits per heavy atom. The minimum Gasteiger partial charge on any atom is -0.490 e. The Morgan fingerprint density at radius 1 is 1.07 bits per heavy atom. The molecule has 0 saturated heterocycles. The fraction of sp³-hybridized carbons (Fsp3) is 0.300. The van der Waals surface area contributed by atoms with Crippen molar-refractivity contribution in [2.45, 2.75) is 13.3 Å². The van der Waals surface area contributed by atoms with Crippen molar-refractivity contribution in [1.82, 2.24) is 5.32 Å². The fourth-order valence-electron chi connectivity index (χ4n) is 2.25. The van der Waals surface area contributed by atoms with Crippen LogP contribution in [0.15, 0.2) is 48.5 Å². The van der Waals surface area contributed by atoms with E-state index in [-0.39, 0.29) is 29.1 Å². The van der Waals surface area contributed by atoms with E-state index in [1.165, 1.54) is 17.8 Å². The molecule has 144 valence electrons. The van der Waals surface area contributed by atoms with Gasteiger partial charge in [0.25, 0.3) is 0 Å². The zero-order valence-electron chi connectivity index (χ0n) is 15.2. The van der Waals surface area contributed by atoms with Gasteiger partial charge in [0.1, 0.15) is 0 Å². The van der Waals surface area contributed by atoms with Gasteiger partial charge in [-0.15, -0.1) is 11.8 Å². The molecular weight excluding hydrogens is 367 g/mol. The van der Waals surface area contributed by atoms with Crippen molar-refractivity contribution in [2.75, 3.05) is 30.0 Å². The molecule has 0 aliphatic carbocycles. The van der Waals surface area contributed by atoms with Crippen LogP contribution in [-0.2, 0) is 9.59 Å². The highest BCUT2D eigenvalue weighted by Gasteiger charge is 2.06. The highest BCUT2D eigenvalue weighted by Crippen LogP contribution is 2.15. The highest BCUT2D eigenvalue weighted by atomic mass is 32.2. The lowest BCUT2D eigenvalue weighted by atomic mass is 10.2. The van der Waals surface area contributed by atoms with Crippen molar-refractivity contribution in [3.8, 4) is 5.75 Å². The second-order valence-corrected chi connectivity index (χ2v) is 6.88. The van der Waals surface area contributed by atoms with Crippen LogP contribution in [-0.4, -0.2) is 36.5 Å².